The van der Waals surface area contributed by atoms with Gasteiger partial charge in [-0.05, 0) is 60.5 Å². The maximum atomic E-state index is 12.8. The predicted octanol–water partition coefficient (Wildman–Crippen LogP) is 8.27. The number of fused-ring (bicyclic) bond motifs is 2. The molecular weight excluding hydrogens is 611 g/mol. The summed E-state index contributed by atoms with van der Waals surface area (Å²) in [5, 5.41) is 8.21. The van der Waals surface area contributed by atoms with Crippen LogP contribution in [0.5, 0.6) is 0 Å². The summed E-state index contributed by atoms with van der Waals surface area (Å²) < 4.78 is 10.8. The Morgan fingerprint density at radius 3 is 2.02 bits per heavy atom. The second-order valence-electron chi connectivity index (χ2n) is 10.3. The molecule has 0 saturated heterocycles. The minimum atomic E-state index is -0.573. The molecule has 232 valence electrons. The summed E-state index contributed by atoms with van der Waals surface area (Å²) in [5.41, 5.74) is 6.31. The first-order valence-electron chi connectivity index (χ1n) is 14.7. The number of carbonyl (C=O) groups is 2. The number of carbonyl (C=O) groups excluding carboxylic acids is 2. The number of hydrogen-bond acceptors (Lipinski definition) is 7. The highest BCUT2D eigenvalue weighted by atomic mass is 35.5. The van der Waals surface area contributed by atoms with Gasteiger partial charge in [-0.1, -0.05) is 48.5 Å². The molecule has 1 aromatic heterocycles. The maximum absolute atomic E-state index is 12.8. The zero-order chi connectivity index (χ0) is 31.6. The Morgan fingerprint density at radius 2 is 1.40 bits per heavy atom. The fourth-order valence-corrected chi connectivity index (χ4v) is 5.51. The number of anilines is 4. The van der Waals surface area contributed by atoms with Crippen LogP contribution in [0.3, 0.4) is 0 Å². The third-order valence-electron chi connectivity index (χ3n) is 7.13. The molecule has 1 heterocycles. The van der Waals surface area contributed by atoms with Crippen LogP contribution in [-0.4, -0.2) is 48.5 Å². The van der Waals surface area contributed by atoms with E-state index in [1.165, 1.54) is 0 Å². The molecule has 0 spiro atoms. The summed E-state index contributed by atoms with van der Waals surface area (Å²) in [4.78, 5) is 32.0. The van der Waals surface area contributed by atoms with Crippen molar-refractivity contribution in [1.82, 2.24) is 4.98 Å². The Morgan fingerprint density at radius 1 is 0.778 bits per heavy atom. The smallest absolute Gasteiger partial charge is 0.411 e. The monoisotopic (exact) mass is 644 g/mol. The van der Waals surface area contributed by atoms with E-state index in [0.29, 0.717) is 41.8 Å². The highest BCUT2D eigenvalue weighted by Crippen LogP contribution is 2.34. The first-order valence-corrected chi connectivity index (χ1v) is 15.8. The average Bonchev–Trinajstić information content (AvgIpc) is 3.04. The van der Waals surface area contributed by atoms with Crippen molar-refractivity contribution >= 4 is 79.8 Å². The molecule has 0 aliphatic heterocycles. The Balaban J connectivity index is 1.35. The van der Waals surface area contributed by atoms with Crippen LogP contribution in [0.1, 0.15) is 18.1 Å². The fraction of sp³-hybridized carbons (Fsp3) is 0.229. The van der Waals surface area contributed by atoms with E-state index in [1.54, 1.807) is 13.0 Å². The van der Waals surface area contributed by atoms with Crippen molar-refractivity contribution in [2.45, 2.75) is 20.0 Å². The lowest BCUT2D eigenvalue weighted by Gasteiger charge is -2.23. The van der Waals surface area contributed by atoms with Crippen LogP contribution in [0.4, 0.5) is 27.5 Å². The third kappa shape index (κ3) is 8.35. The Bertz CT molecular complexity index is 1720. The van der Waals surface area contributed by atoms with E-state index in [4.69, 9.17) is 37.7 Å². The predicted molar refractivity (Wildman–Crippen MR) is 183 cm³/mol. The number of hydrogen-bond donors (Lipinski definition) is 2. The van der Waals surface area contributed by atoms with Gasteiger partial charge in [0.2, 0.25) is 0 Å². The summed E-state index contributed by atoms with van der Waals surface area (Å²) >= 11 is 11.9. The first kappa shape index (κ1) is 31.9. The molecule has 8 nitrogen and oxygen atoms in total. The van der Waals surface area contributed by atoms with Crippen LogP contribution < -0.4 is 15.5 Å². The molecular formula is C35H34Cl2N4O4. The van der Waals surface area contributed by atoms with E-state index in [9.17, 15) is 9.59 Å². The number of rotatable bonds is 13. The van der Waals surface area contributed by atoms with Crippen molar-refractivity contribution in [2.75, 3.05) is 47.0 Å². The lowest BCUT2D eigenvalue weighted by Crippen LogP contribution is -2.27. The molecule has 0 bridgehead atoms. The number of esters is 1. The van der Waals surface area contributed by atoms with Gasteiger partial charge < -0.3 is 19.7 Å². The fourth-order valence-electron chi connectivity index (χ4n) is 5.10. The van der Waals surface area contributed by atoms with Crippen LogP contribution >= 0.6 is 23.2 Å². The Labute approximate surface area is 272 Å². The average molecular weight is 646 g/mol. The highest BCUT2D eigenvalue weighted by Gasteiger charge is 2.13. The maximum Gasteiger partial charge on any atom is 0.411 e. The van der Waals surface area contributed by atoms with Gasteiger partial charge in [-0.3, -0.25) is 10.1 Å². The molecule has 45 heavy (non-hydrogen) atoms. The number of alkyl halides is 2. The molecule has 0 aliphatic rings. The Kier molecular flexibility index (Phi) is 11.0. The molecule has 5 aromatic rings. The summed E-state index contributed by atoms with van der Waals surface area (Å²) in [6, 6.07) is 29.0. The summed E-state index contributed by atoms with van der Waals surface area (Å²) in [7, 11) is 0. The lowest BCUT2D eigenvalue weighted by atomic mass is 10.1. The van der Waals surface area contributed by atoms with Gasteiger partial charge in [0, 0.05) is 52.7 Å². The number of ether oxygens (including phenoxy) is 2. The molecule has 0 aliphatic carbocycles. The lowest BCUT2D eigenvalue weighted by molar-refractivity contribution is -0.144. The number of benzene rings is 4. The number of aromatic nitrogens is 1. The minimum absolute atomic E-state index is 0.0149. The van der Waals surface area contributed by atoms with Gasteiger partial charge in [0.15, 0.2) is 0 Å². The van der Waals surface area contributed by atoms with Gasteiger partial charge >= 0.3 is 12.1 Å². The van der Waals surface area contributed by atoms with Crippen LogP contribution in [-0.2, 0) is 27.3 Å². The van der Waals surface area contributed by atoms with Crippen LogP contribution in [0, 0.1) is 0 Å². The van der Waals surface area contributed by atoms with Crippen molar-refractivity contribution < 1.29 is 19.1 Å². The Hall–Kier alpha value is -4.53. The van der Waals surface area contributed by atoms with E-state index < -0.39 is 6.09 Å². The van der Waals surface area contributed by atoms with Crippen LogP contribution in [0.25, 0.3) is 21.8 Å². The van der Waals surface area contributed by atoms with Crippen LogP contribution in [0.2, 0.25) is 0 Å². The summed E-state index contributed by atoms with van der Waals surface area (Å²) in [6.07, 6.45) is -0.455. The number of amides is 1. The van der Waals surface area contributed by atoms with Crippen LogP contribution in [0.15, 0.2) is 91.0 Å². The molecule has 0 fully saturated rings. The van der Waals surface area contributed by atoms with E-state index in [0.717, 1.165) is 38.7 Å². The SMILES string of the molecule is CCOC(=O)Nc1cc(COC(=O)Cc2ccc(N(CCCl)CCCl)cc2)cc(Nc2c3ccccc3nc3ccccc23)c1. The van der Waals surface area contributed by atoms with E-state index >= 15 is 0 Å². The van der Waals surface area contributed by atoms with Gasteiger partial charge in [-0.25, -0.2) is 9.78 Å². The molecule has 2 N–H and O–H groups in total. The second-order valence-corrected chi connectivity index (χ2v) is 11.0. The zero-order valence-electron chi connectivity index (χ0n) is 24.9. The second kappa shape index (κ2) is 15.5. The highest BCUT2D eigenvalue weighted by molar-refractivity contribution is 6.18. The first-order chi connectivity index (χ1) is 22.0. The van der Waals surface area contributed by atoms with E-state index in [2.05, 4.69) is 15.5 Å². The molecule has 0 atom stereocenters. The summed E-state index contributed by atoms with van der Waals surface area (Å²) in [6.45, 7) is 3.36. The number of nitrogens with zero attached hydrogens (tertiary/aromatic N) is 2. The molecule has 0 radical (unpaired) electrons. The van der Waals surface area contributed by atoms with Crippen molar-refractivity contribution in [3.05, 3.63) is 102 Å². The molecule has 4 aromatic carbocycles. The normalized spacial score (nSPS) is 10.9. The topological polar surface area (TPSA) is 92.8 Å². The molecule has 10 heteroatoms. The number of para-hydroxylation sites is 2. The van der Waals surface area contributed by atoms with Gasteiger partial charge in [-0.15, -0.1) is 23.2 Å². The van der Waals surface area contributed by atoms with Gasteiger partial charge in [0.25, 0.3) is 0 Å². The van der Waals surface area contributed by atoms with Crippen molar-refractivity contribution in [1.29, 1.82) is 0 Å². The summed E-state index contributed by atoms with van der Waals surface area (Å²) in [5.74, 6) is 0.619. The molecule has 1 amide bonds. The molecule has 0 unspecified atom stereocenters. The van der Waals surface area contributed by atoms with Crippen molar-refractivity contribution in [3.63, 3.8) is 0 Å². The largest absolute Gasteiger partial charge is 0.461 e. The number of halogens is 2. The van der Waals surface area contributed by atoms with Gasteiger partial charge in [0.1, 0.15) is 6.61 Å². The minimum Gasteiger partial charge on any atom is -0.461 e. The van der Waals surface area contributed by atoms with E-state index in [1.807, 2.05) is 84.9 Å². The third-order valence-corrected chi connectivity index (χ3v) is 7.47. The van der Waals surface area contributed by atoms with Gasteiger partial charge in [-0.2, -0.15) is 0 Å². The number of pyridine rings is 1. The zero-order valence-corrected chi connectivity index (χ0v) is 26.4. The van der Waals surface area contributed by atoms with Crippen molar-refractivity contribution in [2.24, 2.45) is 0 Å². The van der Waals surface area contributed by atoms with Gasteiger partial charge in [0.05, 0.1) is 29.7 Å². The number of nitrogens with one attached hydrogen (secondary N) is 2. The quantitative estimate of drug-likeness (QED) is 0.0757. The molecule has 0 saturated carbocycles. The van der Waals surface area contributed by atoms with Crippen molar-refractivity contribution in [3.8, 4) is 0 Å². The standard InChI is InChI=1S/C35H34Cl2N4O4/c1-2-44-35(43)39-27-20-25(23-45-33(42)21-24-11-13-28(14-12-24)41(17-15-36)18-16-37)19-26(22-27)38-34-29-7-3-5-9-31(29)40-32-10-6-4-8-30(32)34/h3-14,19-20,22H,2,15-18,21,23H2,1H3,(H,38,40)(H,39,43). The molecule has 5 rings (SSSR count). The van der Waals surface area contributed by atoms with E-state index in [-0.39, 0.29) is 25.6 Å².